The van der Waals surface area contributed by atoms with E-state index in [0.717, 1.165) is 42.8 Å². The molecule has 1 rings (SSSR count). The summed E-state index contributed by atoms with van der Waals surface area (Å²) in [5, 5.41) is 3.24. The van der Waals surface area contributed by atoms with Gasteiger partial charge in [0.25, 0.3) is 0 Å². The van der Waals surface area contributed by atoms with Crippen molar-refractivity contribution in [1.82, 2.24) is 9.88 Å². The number of hydrogen-bond acceptors (Lipinski definition) is 5. The average Bonchev–Trinajstić information content (AvgIpc) is 2.59. The lowest BCUT2D eigenvalue weighted by Crippen LogP contribution is -2.23. The summed E-state index contributed by atoms with van der Waals surface area (Å²) in [5.74, 6) is 0.787. The maximum absolute atomic E-state index is 5.36. The Bertz CT molecular complexity index is 278. The highest BCUT2D eigenvalue weighted by Crippen LogP contribution is 2.09. The van der Waals surface area contributed by atoms with Crippen molar-refractivity contribution in [3.05, 3.63) is 16.1 Å². The summed E-state index contributed by atoms with van der Waals surface area (Å²) in [6.45, 7) is 5.36. The molecule has 0 radical (unpaired) electrons. The van der Waals surface area contributed by atoms with Crippen LogP contribution >= 0.6 is 24.0 Å². The van der Waals surface area contributed by atoms with Gasteiger partial charge in [0.2, 0.25) is 0 Å². The normalized spacial score (nSPS) is 11.2. The van der Waals surface area contributed by atoms with Gasteiger partial charge in [-0.3, -0.25) is 4.90 Å². The molecule has 0 bridgehead atoms. The molecule has 1 heterocycles. The second-order valence-electron chi connectivity index (χ2n) is 3.43. The molecule has 0 aliphatic rings. The number of thiazole rings is 1. The van der Waals surface area contributed by atoms with Gasteiger partial charge in [0.05, 0.1) is 23.9 Å². The third-order valence-corrected chi connectivity index (χ3v) is 2.96. The molecule has 0 saturated heterocycles. The number of nitrogens with zero attached hydrogens (tertiary/aromatic N) is 2. The highest BCUT2D eigenvalue weighted by atomic mass is 32.1. The zero-order valence-corrected chi connectivity index (χ0v) is 11.0. The maximum Gasteiger partial charge on any atom is 0.0897 e. The largest absolute Gasteiger partial charge is 0.379 e. The van der Waals surface area contributed by atoms with E-state index in [1.54, 1.807) is 11.3 Å². The highest BCUT2D eigenvalue weighted by Gasteiger charge is 2.02. The zero-order valence-electron chi connectivity index (χ0n) is 9.27. The number of thiol groups is 1. The Morgan fingerprint density at radius 1 is 1.53 bits per heavy atom. The van der Waals surface area contributed by atoms with Crippen molar-refractivity contribution in [1.29, 1.82) is 0 Å². The fourth-order valence-corrected chi connectivity index (χ4v) is 1.96. The van der Waals surface area contributed by atoms with Crippen LogP contribution in [-0.4, -0.2) is 42.4 Å². The SMILES string of the molecule is Cc1nc(CN(C)CCOCCS)cs1. The predicted molar refractivity (Wildman–Crippen MR) is 67.9 cm³/mol. The highest BCUT2D eigenvalue weighted by molar-refractivity contribution is 7.80. The van der Waals surface area contributed by atoms with E-state index in [9.17, 15) is 0 Å². The fraction of sp³-hybridized carbons (Fsp3) is 0.700. The molecule has 3 nitrogen and oxygen atoms in total. The minimum atomic E-state index is 0.729. The van der Waals surface area contributed by atoms with Crippen LogP contribution in [0.2, 0.25) is 0 Å². The van der Waals surface area contributed by atoms with E-state index in [0.29, 0.717) is 0 Å². The lowest BCUT2D eigenvalue weighted by atomic mass is 10.4. The molecule has 0 aromatic carbocycles. The van der Waals surface area contributed by atoms with Crippen molar-refractivity contribution < 1.29 is 4.74 Å². The monoisotopic (exact) mass is 246 g/mol. The summed E-state index contributed by atoms with van der Waals surface area (Å²) in [4.78, 5) is 6.63. The second-order valence-corrected chi connectivity index (χ2v) is 4.94. The van der Waals surface area contributed by atoms with E-state index in [2.05, 4.69) is 34.9 Å². The standard InChI is InChI=1S/C10H18N2OS2/c1-9-11-10(8-15-9)7-12(2)3-4-13-5-6-14/h8,14H,3-7H2,1-2H3. The number of rotatable bonds is 7. The van der Waals surface area contributed by atoms with Gasteiger partial charge in [-0.1, -0.05) is 0 Å². The van der Waals surface area contributed by atoms with Crippen LogP contribution in [0.15, 0.2) is 5.38 Å². The van der Waals surface area contributed by atoms with Crippen molar-refractivity contribution in [2.75, 3.05) is 32.6 Å². The van der Waals surface area contributed by atoms with Crippen LogP contribution < -0.4 is 0 Å². The summed E-state index contributed by atoms with van der Waals surface area (Å²) >= 11 is 5.78. The summed E-state index contributed by atoms with van der Waals surface area (Å²) < 4.78 is 5.36. The van der Waals surface area contributed by atoms with Gasteiger partial charge in [0, 0.05) is 24.2 Å². The molecular weight excluding hydrogens is 228 g/mol. The minimum absolute atomic E-state index is 0.729. The van der Waals surface area contributed by atoms with Crippen LogP contribution in [0, 0.1) is 6.92 Å². The predicted octanol–water partition coefficient (Wildman–Crippen LogP) is 1.83. The number of aryl methyl sites for hydroxylation is 1. The van der Waals surface area contributed by atoms with Gasteiger partial charge in [-0.25, -0.2) is 4.98 Å². The number of likely N-dealkylation sites (N-methyl/N-ethyl adjacent to an activating group) is 1. The molecule has 0 amide bonds. The molecule has 0 atom stereocenters. The van der Waals surface area contributed by atoms with E-state index in [-0.39, 0.29) is 0 Å². The number of aromatic nitrogens is 1. The molecule has 86 valence electrons. The molecule has 0 N–H and O–H groups in total. The van der Waals surface area contributed by atoms with E-state index in [4.69, 9.17) is 4.74 Å². The maximum atomic E-state index is 5.36. The third-order valence-electron chi connectivity index (χ3n) is 1.95. The Morgan fingerprint density at radius 2 is 2.33 bits per heavy atom. The van der Waals surface area contributed by atoms with Crippen molar-refractivity contribution in [2.24, 2.45) is 0 Å². The van der Waals surface area contributed by atoms with Gasteiger partial charge >= 0.3 is 0 Å². The smallest absolute Gasteiger partial charge is 0.0897 e. The molecule has 0 aliphatic carbocycles. The van der Waals surface area contributed by atoms with Gasteiger partial charge in [-0.15, -0.1) is 11.3 Å². The molecule has 15 heavy (non-hydrogen) atoms. The van der Waals surface area contributed by atoms with E-state index in [1.165, 1.54) is 0 Å². The topological polar surface area (TPSA) is 25.4 Å². The first-order chi connectivity index (χ1) is 7.22. The Kier molecular flexibility index (Phi) is 6.24. The molecule has 0 saturated carbocycles. The molecule has 0 unspecified atom stereocenters. The van der Waals surface area contributed by atoms with E-state index in [1.807, 2.05) is 6.92 Å². The summed E-state index contributed by atoms with van der Waals surface area (Å²) in [5.41, 5.74) is 1.15. The van der Waals surface area contributed by atoms with Gasteiger partial charge in [0.15, 0.2) is 0 Å². The van der Waals surface area contributed by atoms with Crippen molar-refractivity contribution in [3.63, 3.8) is 0 Å². The molecule has 1 aromatic rings. The number of ether oxygens (including phenoxy) is 1. The van der Waals surface area contributed by atoms with Crippen LogP contribution in [0.4, 0.5) is 0 Å². The first kappa shape index (κ1) is 13.0. The molecule has 0 aliphatic heterocycles. The van der Waals surface area contributed by atoms with Crippen molar-refractivity contribution in [3.8, 4) is 0 Å². The van der Waals surface area contributed by atoms with E-state index >= 15 is 0 Å². The molecule has 0 spiro atoms. The van der Waals surface area contributed by atoms with Gasteiger partial charge in [-0.05, 0) is 14.0 Å². The van der Waals surface area contributed by atoms with E-state index < -0.39 is 0 Å². The Labute approximate surface area is 101 Å². The van der Waals surface area contributed by atoms with Crippen LogP contribution in [0.3, 0.4) is 0 Å². The lowest BCUT2D eigenvalue weighted by molar-refractivity contribution is 0.122. The third kappa shape index (κ3) is 5.51. The number of hydrogen-bond donors (Lipinski definition) is 1. The first-order valence-corrected chi connectivity index (χ1v) is 6.51. The second kappa shape index (κ2) is 7.22. The van der Waals surface area contributed by atoms with Crippen LogP contribution in [0.5, 0.6) is 0 Å². The molecule has 1 aromatic heterocycles. The summed E-state index contributed by atoms with van der Waals surface area (Å²) in [6, 6.07) is 0. The Balaban J connectivity index is 2.15. The van der Waals surface area contributed by atoms with Gasteiger partial charge in [0.1, 0.15) is 0 Å². The summed E-state index contributed by atoms with van der Waals surface area (Å²) in [7, 11) is 2.08. The quantitative estimate of drug-likeness (QED) is 0.587. The molecule has 5 heteroatoms. The minimum Gasteiger partial charge on any atom is -0.379 e. The zero-order chi connectivity index (χ0) is 11.1. The van der Waals surface area contributed by atoms with Crippen LogP contribution in [0.1, 0.15) is 10.7 Å². The molecule has 0 fully saturated rings. The van der Waals surface area contributed by atoms with Crippen molar-refractivity contribution in [2.45, 2.75) is 13.5 Å². The van der Waals surface area contributed by atoms with Crippen LogP contribution in [-0.2, 0) is 11.3 Å². The molecular formula is C10H18N2OS2. The van der Waals surface area contributed by atoms with Crippen LogP contribution in [0.25, 0.3) is 0 Å². The van der Waals surface area contributed by atoms with Gasteiger partial charge < -0.3 is 4.74 Å². The van der Waals surface area contributed by atoms with Gasteiger partial charge in [-0.2, -0.15) is 12.6 Å². The Hall–Kier alpha value is -0.100. The fourth-order valence-electron chi connectivity index (χ4n) is 1.22. The summed E-state index contributed by atoms with van der Waals surface area (Å²) in [6.07, 6.45) is 0. The average molecular weight is 246 g/mol. The Morgan fingerprint density at radius 3 is 2.93 bits per heavy atom. The lowest BCUT2D eigenvalue weighted by Gasteiger charge is -2.14. The van der Waals surface area contributed by atoms with Crippen molar-refractivity contribution >= 4 is 24.0 Å². The first-order valence-electron chi connectivity index (χ1n) is 5.00.